The highest BCUT2D eigenvalue weighted by atomic mass is 16.5. The minimum atomic E-state index is 0.145. The maximum atomic E-state index is 13.0. The van der Waals surface area contributed by atoms with Crippen molar-refractivity contribution in [3.8, 4) is 11.5 Å². The number of piperidine rings is 1. The summed E-state index contributed by atoms with van der Waals surface area (Å²) in [5, 5.41) is 0. The zero-order chi connectivity index (χ0) is 18.5. The van der Waals surface area contributed by atoms with Crippen LogP contribution in [0.3, 0.4) is 0 Å². The van der Waals surface area contributed by atoms with Crippen LogP contribution >= 0.6 is 0 Å². The predicted molar refractivity (Wildman–Crippen MR) is 103 cm³/mol. The maximum Gasteiger partial charge on any atom is 0.225 e. The summed E-state index contributed by atoms with van der Waals surface area (Å²) in [7, 11) is 3.31. The lowest BCUT2D eigenvalue weighted by Crippen LogP contribution is -2.46. The lowest BCUT2D eigenvalue weighted by molar-refractivity contribution is -0.139. The molecule has 1 aromatic carbocycles. The van der Waals surface area contributed by atoms with Crippen molar-refractivity contribution in [1.82, 2.24) is 4.90 Å². The van der Waals surface area contributed by atoms with Crippen LogP contribution in [0.2, 0.25) is 0 Å². The monoisotopic (exact) mass is 360 g/mol. The van der Waals surface area contributed by atoms with Gasteiger partial charge in [0.25, 0.3) is 0 Å². The third kappa shape index (κ3) is 4.32. The van der Waals surface area contributed by atoms with Crippen molar-refractivity contribution in [2.75, 3.05) is 20.8 Å². The molecule has 2 N–H and O–H groups in total. The van der Waals surface area contributed by atoms with Gasteiger partial charge in [0.15, 0.2) is 11.5 Å². The molecule has 3 rings (SSSR count). The van der Waals surface area contributed by atoms with E-state index in [9.17, 15) is 4.79 Å². The number of benzene rings is 1. The van der Waals surface area contributed by atoms with Crippen molar-refractivity contribution < 1.29 is 14.3 Å². The Morgan fingerprint density at radius 2 is 1.96 bits per heavy atom. The summed E-state index contributed by atoms with van der Waals surface area (Å²) >= 11 is 0. The van der Waals surface area contributed by atoms with Crippen LogP contribution in [-0.2, 0) is 11.2 Å². The molecule has 1 aliphatic heterocycles. The van der Waals surface area contributed by atoms with Crippen molar-refractivity contribution >= 4 is 5.91 Å². The molecular formula is C21H32N2O3. The number of likely N-dealkylation sites (tertiary alicyclic amines) is 1. The average molecular weight is 360 g/mol. The Labute approximate surface area is 156 Å². The Kier molecular flexibility index (Phi) is 6.41. The molecule has 0 unspecified atom stereocenters. The summed E-state index contributed by atoms with van der Waals surface area (Å²) in [4.78, 5) is 15.1. The van der Waals surface area contributed by atoms with E-state index in [2.05, 4.69) is 11.0 Å². The first kappa shape index (κ1) is 19.0. The van der Waals surface area contributed by atoms with Gasteiger partial charge < -0.3 is 20.1 Å². The first-order chi connectivity index (χ1) is 12.6. The molecule has 2 aliphatic rings. The predicted octanol–water partition coefficient (Wildman–Crippen LogP) is 3.14. The zero-order valence-electron chi connectivity index (χ0n) is 16.1. The van der Waals surface area contributed by atoms with Crippen molar-refractivity contribution in [3.05, 3.63) is 23.8 Å². The maximum absolute atomic E-state index is 13.0. The molecule has 1 amide bonds. The van der Waals surface area contributed by atoms with Gasteiger partial charge in [-0.05, 0) is 69.1 Å². The van der Waals surface area contributed by atoms with Crippen LogP contribution in [0.1, 0.15) is 50.5 Å². The Morgan fingerprint density at radius 3 is 2.65 bits per heavy atom. The summed E-state index contributed by atoms with van der Waals surface area (Å²) in [6, 6.07) is 6.65. The van der Waals surface area contributed by atoms with Crippen LogP contribution in [0, 0.1) is 5.92 Å². The fourth-order valence-electron chi connectivity index (χ4n) is 4.44. The Balaban J connectivity index is 1.62. The summed E-state index contributed by atoms with van der Waals surface area (Å²) in [6.45, 7) is 0.904. The van der Waals surface area contributed by atoms with E-state index in [1.54, 1.807) is 14.2 Å². The van der Waals surface area contributed by atoms with Crippen molar-refractivity contribution in [2.24, 2.45) is 11.7 Å². The quantitative estimate of drug-likeness (QED) is 0.846. The van der Waals surface area contributed by atoms with Gasteiger partial charge in [-0.1, -0.05) is 6.07 Å². The number of hydrogen-bond acceptors (Lipinski definition) is 4. The first-order valence-corrected chi connectivity index (χ1v) is 9.89. The SMILES string of the molecule is COc1ccc(CC[C@@H]2CCCCN2C(=O)[C@@H]2CC[C@H](N)C2)cc1OC. The highest BCUT2D eigenvalue weighted by molar-refractivity contribution is 5.79. The van der Waals surface area contributed by atoms with Gasteiger partial charge in [-0.15, -0.1) is 0 Å². The first-order valence-electron chi connectivity index (χ1n) is 9.89. The van der Waals surface area contributed by atoms with E-state index >= 15 is 0 Å². The molecule has 0 radical (unpaired) electrons. The summed E-state index contributed by atoms with van der Waals surface area (Å²) in [6.07, 6.45) is 8.19. The molecule has 1 aliphatic carbocycles. The fraction of sp³-hybridized carbons (Fsp3) is 0.667. The second-order valence-corrected chi connectivity index (χ2v) is 7.68. The number of nitrogens with zero attached hydrogens (tertiary/aromatic N) is 1. The van der Waals surface area contributed by atoms with Crippen molar-refractivity contribution in [2.45, 2.75) is 63.5 Å². The molecule has 1 saturated heterocycles. The van der Waals surface area contributed by atoms with Gasteiger partial charge in [-0.3, -0.25) is 4.79 Å². The number of carbonyl (C=O) groups is 1. The lowest BCUT2D eigenvalue weighted by atomic mass is 9.93. The Bertz CT molecular complexity index is 619. The highest BCUT2D eigenvalue weighted by Gasteiger charge is 2.34. The van der Waals surface area contributed by atoms with E-state index in [0.29, 0.717) is 11.9 Å². The van der Waals surface area contributed by atoms with Crippen LogP contribution < -0.4 is 15.2 Å². The normalized spacial score (nSPS) is 26.0. The second-order valence-electron chi connectivity index (χ2n) is 7.68. The summed E-state index contributed by atoms with van der Waals surface area (Å²) < 4.78 is 10.7. The molecule has 2 fully saturated rings. The molecule has 3 atom stereocenters. The number of methoxy groups -OCH3 is 2. The second kappa shape index (κ2) is 8.76. The number of ether oxygens (including phenoxy) is 2. The number of amides is 1. The number of nitrogens with two attached hydrogens (primary N) is 1. The van der Waals surface area contributed by atoms with Gasteiger partial charge in [-0.2, -0.15) is 0 Å². The molecule has 0 aromatic heterocycles. The topological polar surface area (TPSA) is 64.8 Å². The van der Waals surface area contributed by atoms with Gasteiger partial charge in [0.1, 0.15) is 0 Å². The average Bonchev–Trinajstić information content (AvgIpc) is 3.12. The van der Waals surface area contributed by atoms with Gasteiger partial charge in [0.2, 0.25) is 5.91 Å². The summed E-state index contributed by atoms with van der Waals surface area (Å²) in [5.41, 5.74) is 7.25. The van der Waals surface area contributed by atoms with E-state index in [1.165, 1.54) is 12.0 Å². The van der Waals surface area contributed by atoms with E-state index in [1.807, 2.05) is 12.1 Å². The summed E-state index contributed by atoms with van der Waals surface area (Å²) in [5.74, 6) is 2.01. The van der Waals surface area contributed by atoms with Crippen LogP contribution in [0.4, 0.5) is 0 Å². The third-order valence-electron chi connectivity index (χ3n) is 5.95. The van der Waals surface area contributed by atoms with E-state index < -0.39 is 0 Å². The van der Waals surface area contributed by atoms with Crippen molar-refractivity contribution in [3.63, 3.8) is 0 Å². The number of rotatable bonds is 6. The van der Waals surface area contributed by atoms with Gasteiger partial charge in [0.05, 0.1) is 14.2 Å². The Morgan fingerprint density at radius 1 is 1.15 bits per heavy atom. The molecular weight excluding hydrogens is 328 g/mol. The smallest absolute Gasteiger partial charge is 0.225 e. The van der Waals surface area contributed by atoms with Gasteiger partial charge in [0, 0.05) is 24.5 Å². The van der Waals surface area contributed by atoms with Gasteiger partial charge >= 0.3 is 0 Å². The fourth-order valence-corrected chi connectivity index (χ4v) is 4.44. The number of carbonyl (C=O) groups excluding carboxylic acids is 1. The largest absolute Gasteiger partial charge is 0.493 e. The number of aryl methyl sites for hydroxylation is 1. The zero-order valence-corrected chi connectivity index (χ0v) is 16.1. The van der Waals surface area contributed by atoms with Crippen molar-refractivity contribution in [1.29, 1.82) is 0 Å². The molecule has 5 nitrogen and oxygen atoms in total. The molecule has 1 heterocycles. The molecule has 1 aromatic rings. The van der Waals surface area contributed by atoms with Crippen LogP contribution in [-0.4, -0.2) is 43.7 Å². The molecule has 0 spiro atoms. The minimum Gasteiger partial charge on any atom is -0.493 e. The highest BCUT2D eigenvalue weighted by Crippen LogP contribution is 2.31. The van der Waals surface area contributed by atoms with E-state index in [-0.39, 0.29) is 12.0 Å². The third-order valence-corrected chi connectivity index (χ3v) is 5.95. The Hall–Kier alpha value is -1.75. The molecule has 0 bridgehead atoms. The van der Waals surface area contributed by atoms with Crippen LogP contribution in [0.5, 0.6) is 11.5 Å². The van der Waals surface area contributed by atoms with E-state index in [4.69, 9.17) is 15.2 Å². The van der Waals surface area contributed by atoms with Crippen LogP contribution in [0.25, 0.3) is 0 Å². The number of hydrogen-bond donors (Lipinski definition) is 1. The van der Waals surface area contributed by atoms with Crippen LogP contribution in [0.15, 0.2) is 18.2 Å². The molecule has 144 valence electrons. The minimum absolute atomic E-state index is 0.145. The standard InChI is InChI=1S/C21H32N2O3/c1-25-19-11-7-15(13-20(19)26-2)6-10-18-5-3-4-12-23(18)21(24)16-8-9-17(22)14-16/h7,11,13,16-18H,3-6,8-10,12,14,22H2,1-2H3/t16-,17+,18+/m1/s1. The molecule has 1 saturated carbocycles. The van der Waals surface area contributed by atoms with E-state index in [0.717, 1.165) is 63.0 Å². The molecule has 5 heteroatoms. The molecule has 26 heavy (non-hydrogen) atoms. The lowest BCUT2D eigenvalue weighted by Gasteiger charge is -2.37. The van der Waals surface area contributed by atoms with Gasteiger partial charge in [-0.25, -0.2) is 0 Å².